The maximum absolute atomic E-state index is 4.47. The lowest BCUT2D eigenvalue weighted by Crippen LogP contribution is -2.42. The first-order valence-corrected chi connectivity index (χ1v) is 11.0. The Morgan fingerprint density at radius 2 is 1.88 bits per heavy atom. The molecule has 25 heavy (non-hydrogen) atoms. The van der Waals surface area contributed by atoms with Crippen molar-refractivity contribution in [2.24, 2.45) is 4.99 Å². The molecule has 2 N–H and O–H groups in total. The van der Waals surface area contributed by atoms with Crippen molar-refractivity contribution in [3.63, 3.8) is 0 Å². The molecule has 7 heteroatoms. The largest absolute Gasteiger partial charge is 0.356 e. The zero-order valence-electron chi connectivity index (χ0n) is 15.6. The Bertz CT molecular complexity index is 558. The van der Waals surface area contributed by atoms with Gasteiger partial charge >= 0.3 is 0 Å². The average Bonchev–Trinajstić information content (AvgIpc) is 3.38. The molecule has 0 unspecified atom stereocenters. The van der Waals surface area contributed by atoms with Gasteiger partial charge in [0.2, 0.25) is 0 Å². The molecule has 140 valence electrons. The SMILES string of the molecule is CN=C(NCCCc1nnc(SC)n1C1CCCC1)NC1CCCC1. The number of guanidine groups is 1. The second kappa shape index (κ2) is 9.46. The molecule has 2 aliphatic carbocycles. The van der Waals surface area contributed by atoms with Crippen LogP contribution in [0.5, 0.6) is 0 Å². The number of rotatable bonds is 7. The van der Waals surface area contributed by atoms with Crippen molar-refractivity contribution < 1.29 is 0 Å². The van der Waals surface area contributed by atoms with Crippen LogP contribution in [-0.4, -0.2) is 46.6 Å². The summed E-state index contributed by atoms with van der Waals surface area (Å²) in [7, 11) is 1.85. The van der Waals surface area contributed by atoms with E-state index in [9.17, 15) is 0 Å². The van der Waals surface area contributed by atoms with Gasteiger partial charge in [-0.2, -0.15) is 0 Å². The van der Waals surface area contributed by atoms with Gasteiger partial charge in [-0.1, -0.05) is 37.4 Å². The summed E-state index contributed by atoms with van der Waals surface area (Å²) in [4.78, 5) is 4.35. The van der Waals surface area contributed by atoms with E-state index in [4.69, 9.17) is 0 Å². The van der Waals surface area contributed by atoms with Gasteiger partial charge in [0.1, 0.15) is 5.82 Å². The molecule has 0 saturated heterocycles. The van der Waals surface area contributed by atoms with Crippen molar-refractivity contribution >= 4 is 17.7 Å². The number of aryl methyl sites for hydroxylation is 1. The molecule has 0 aliphatic heterocycles. The van der Waals surface area contributed by atoms with Crippen LogP contribution in [0.15, 0.2) is 10.1 Å². The average molecular weight is 365 g/mol. The molecule has 0 spiro atoms. The molecule has 6 nitrogen and oxygen atoms in total. The van der Waals surface area contributed by atoms with E-state index in [2.05, 4.69) is 36.6 Å². The molecule has 2 saturated carbocycles. The van der Waals surface area contributed by atoms with E-state index >= 15 is 0 Å². The van der Waals surface area contributed by atoms with Gasteiger partial charge in [-0.05, 0) is 38.4 Å². The summed E-state index contributed by atoms with van der Waals surface area (Å²) < 4.78 is 2.41. The van der Waals surface area contributed by atoms with Crippen LogP contribution in [0.2, 0.25) is 0 Å². The van der Waals surface area contributed by atoms with E-state index in [1.807, 2.05) is 7.05 Å². The van der Waals surface area contributed by atoms with E-state index in [0.29, 0.717) is 12.1 Å². The molecule has 2 aliphatic rings. The maximum atomic E-state index is 4.47. The zero-order valence-corrected chi connectivity index (χ0v) is 16.4. The van der Waals surface area contributed by atoms with Crippen molar-refractivity contribution in [3.05, 3.63) is 5.82 Å². The lowest BCUT2D eigenvalue weighted by Gasteiger charge is -2.18. The second-order valence-corrected chi connectivity index (χ2v) is 7.91. The maximum Gasteiger partial charge on any atom is 0.191 e. The van der Waals surface area contributed by atoms with Crippen LogP contribution in [0.4, 0.5) is 0 Å². The second-order valence-electron chi connectivity index (χ2n) is 7.14. The molecule has 2 fully saturated rings. The summed E-state index contributed by atoms with van der Waals surface area (Å²) in [6.07, 6.45) is 14.5. The van der Waals surface area contributed by atoms with Crippen molar-refractivity contribution in [1.82, 2.24) is 25.4 Å². The van der Waals surface area contributed by atoms with E-state index in [1.165, 1.54) is 51.4 Å². The highest BCUT2D eigenvalue weighted by Gasteiger charge is 2.23. The minimum absolute atomic E-state index is 0.598. The van der Waals surface area contributed by atoms with Crippen molar-refractivity contribution in [2.75, 3.05) is 19.8 Å². The van der Waals surface area contributed by atoms with Crippen LogP contribution in [0.25, 0.3) is 0 Å². The van der Waals surface area contributed by atoms with Gasteiger partial charge in [-0.15, -0.1) is 10.2 Å². The highest BCUT2D eigenvalue weighted by atomic mass is 32.2. The van der Waals surface area contributed by atoms with Crippen molar-refractivity contribution in [2.45, 2.75) is 81.4 Å². The molecule has 0 bridgehead atoms. The Morgan fingerprint density at radius 3 is 2.56 bits per heavy atom. The van der Waals surface area contributed by atoms with Crippen LogP contribution in [0, 0.1) is 0 Å². The molecule has 3 rings (SSSR count). The number of nitrogens with one attached hydrogen (secondary N) is 2. The highest BCUT2D eigenvalue weighted by molar-refractivity contribution is 7.98. The monoisotopic (exact) mass is 364 g/mol. The topological polar surface area (TPSA) is 67.1 Å². The Labute approximate surface area is 155 Å². The summed E-state index contributed by atoms with van der Waals surface area (Å²) in [5, 5.41) is 16.9. The summed E-state index contributed by atoms with van der Waals surface area (Å²) >= 11 is 1.71. The molecule has 0 radical (unpaired) electrons. The first kappa shape index (κ1) is 18.5. The van der Waals surface area contributed by atoms with Crippen LogP contribution >= 0.6 is 11.8 Å². The number of hydrogen-bond acceptors (Lipinski definition) is 4. The smallest absolute Gasteiger partial charge is 0.191 e. The third-order valence-electron chi connectivity index (χ3n) is 5.40. The number of hydrogen-bond donors (Lipinski definition) is 2. The number of aromatic nitrogens is 3. The number of nitrogens with zero attached hydrogens (tertiary/aromatic N) is 4. The van der Waals surface area contributed by atoms with Gasteiger partial charge in [0.25, 0.3) is 0 Å². The molecule has 1 aromatic rings. The fourth-order valence-electron chi connectivity index (χ4n) is 4.06. The zero-order chi connectivity index (χ0) is 17.5. The van der Waals surface area contributed by atoms with Crippen LogP contribution < -0.4 is 10.6 Å². The first-order valence-electron chi connectivity index (χ1n) is 9.76. The van der Waals surface area contributed by atoms with Crippen LogP contribution in [0.1, 0.15) is 69.7 Å². The third kappa shape index (κ3) is 4.90. The summed E-state index contributed by atoms with van der Waals surface area (Å²) in [5.74, 6) is 2.09. The predicted octanol–water partition coefficient (Wildman–Crippen LogP) is 3.16. The predicted molar refractivity (Wildman–Crippen MR) is 104 cm³/mol. The van der Waals surface area contributed by atoms with E-state index in [-0.39, 0.29) is 0 Å². The molecule has 1 heterocycles. The van der Waals surface area contributed by atoms with Gasteiger partial charge < -0.3 is 15.2 Å². The van der Waals surface area contributed by atoms with Crippen molar-refractivity contribution in [3.8, 4) is 0 Å². The fourth-order valence-corrected chi connectivity index (χ4v) is 4.63. The van der Waals surface area contributed by atoms with Gasteiger partial charge in [0, 0.05) is 32.1 Å². The molecular weight excluding hydrogens is 332 g/mol. The Kier molecular flexibility index (Phi) is 7.02. The quantitative estimate of drug-likeness (QED) is 0.337. The van der Waals surface area contributed by atoms with Gasteiger partial charge in [-0.25, -0.2) is 0 Å². The van der Waals surface area contributed by atoms with E-state index < -0.39 is 0 Å². The lowest BCUT2D eigenvalue weighted by molar-refractivity contribution is 0.460. The molecule has 0 atom stereocenters. The Balaban J connectivity index is 1.47. The summed E-state index contributed by atoms with van der Waals surface area (Å²) in [6.45, 7) is 0.915. The van der Waals surface area contributed by atoms with Crippen LogP contribution in [-0.2, 0) is 6.42 Å². The minimum Gasteiger partial charge on any atom is -0.356 e. The fraction of sp³-hybridized carbons (Fsp3) is 0.833. The van der Waals surface area contributed by atoms with Gasteiger partial charge in [0.05, 0.1) is 0 Å². The molecular formula is C18H32N6S. The first-order chi connectivity index (χ1) is 12.3. The van der Waals surface area contributed by atoms with E-state index in [0.717, 1.165) is 36.3 Å². The number of thioether (sulfide) groups is 1. The molecule has 0 amide bonds. The lowest BCUT2D eigenvalue weighted by atomic mass is 10.2. The normalized spacial score (nSPS) is 19.7. The van der Waals surface area contributed by atoms with Crippen LogP contribution in [0.3, 0.4) is 0 Å². The standard InChI is InChI=1S/C18H32N6S/c1-19-17(21-14-8-3-4-9-14)20-13-7-12-16-22-23-18(25-2)24(16)15-10-5-6-11-15/h14-15H,3-13H2,1-2H3,(H2,19,20,21). The van der Waals surface area contributed by atoms with Crippen molar-refractivity contribution in [1.29, 1.82) is 0 Å². The molecule has 0 aromatic carbocycles. The Hall–Kier alpha value is -1.24. The van der Waals surface area contributed by atoms with Gasteiger partial charge in [-0.3, -0.25) is 4.99 Å². The highest BCUT2D eigenvalue weighted by Crippen LogP contribution is 2.33. The molecule has 1 aromatic heterocycles. The summed E-state index contributed by atoms with van der Waals surface area (Å²) in [6, 6.07) is 1.21. The number of aliphatic imine (C=N–C) groups is 1. The van der Waals surface area contributed by atoms with Gasteiger partial charge in [0.15, 0.2) is 11.1 Å². The third-order valence-corrected chi connectivity index (χ3v) is 6.04. The minimum atomic E-state index is 0.598. The van der Waals surface area contributed by atoms with E-state index in [1.54, 1.807) is 11.8 Å². The summed E-state index contributed by atoms with van der Waals surface area (Å²) in [5.41, 5.74) is 0. The Morgan fingerprint density at radius 1 is 1.16 bits per heavy atom.